The van der Waals surface area contributed by atoms with Crippen LogP contribution in [0, 0.1) is 6.92 Å². The van der Waals surface area contributed by atoms with E-state index in [0.717, 1.165) is 27.0 Å². The number of amides is 1. The molecule has 0 aliphatic carbocycles. The van der Waals surface area contributed by atoms with Gasteiger partial charge in [0, 0.05) is 29.0 Å². The molecule has 34 heavy (non-hydrogen) atoms. The molecule has 9 heteroatoms. The van der Waals surface area contributed by atoms with Gasteiger partial charge in [-0.3, -0.25) is 14.5 Å². The lowest BCUT2D eigenvalue weighted by Crippen LogP contribution is -2.12. The predicted octanol–water partition coefficient (Wildman–Crippen LogP) is 5.73. The van der Waals surface area contributed by atoms with Crippen LogP contribution in [0.15, 0.2) is 73.2 Å². The summed E-state index contributed by atoms with van der Waals surface area (Å²) in [7, 11) is 0. The Morgan fingerprint density at radius 2 is 1.88 bits per heavy atom. The fraction of sp³-hybridized carbons (Fsp3) is 0.120. The quantitative estimate of drug-likeness (QED) is 0.316. The van der Waals surface area contributed by atoms with Gasteiger partial charge in [-0.2, -0.15) is 5.10 Å². The molecule has 0 spiro atoms. The highest BCUT2D eigenvalue weighted by Gasteiger charge is 2.18. The highest BCUT2D eigenvalue weighted by atomic mass is 35.5. The van der Waals surface area contributed by atoms with Crippen molar-refractivity contribution in [3.63, 3.8) is 0 Å². The lowest BCUT2D eigenvalue weighted by atomic mass is 10.2. The molecule has 7 nitrogen and oxygen atoms in total. The van der Waals surface area contributed by atoms with E-state index in [-0.39, 0.29) is 5.91 Å². The largest absolute Gasteiger partial charge is 0.485 e. The Bertz CT molecular complexity index is 1450. The number of hydrogen-bond acceptors (Lipinski definition) is 6. The molecule has 0 radical (unpaired) electrons. The molecule has 0 aliphatic rings. The molecular weight excluding hydrogens is 470 g/mol. The number of carbonyl (C=O) groups excluding carboxylic acids is 1. The van der Waals surface area contributed by atoms with Crippen molar-refractivity contribution in [2.45, 2.75) is 20.1 Å². The van der Waals surface area contributed by atoms with Crippen molar-refractivity contribution >= 4 is 44.9 Å². The number of thiophene rings is 1. The third kappa shape index (κ3) is 4.78. The van der Waals surface area contributed by atoms with E-state index in [4.69, 9.17) is 16.3 Å². The zero-order valence-corrected chi connectivity index (χ0v) is 19.8. The number of nitrogens with zero attached hydrogens (tertiary/aromatic N) is 4. The molecule has 0 saturated carbocycles. The van der Waals surface area contributed by atoms with E-state index >= 15 is 0 Å². The number of nitrogens with one attached hydrogen (secondary N) is 1. The molecule has 0 aliphatic heterocycles. The molecule has 5 aromatic rings. The summed E-state index contributed by atoms with van der Waals surface area (Å²) in [5.41, 5.74) is 2.93. The normalized spacial score (nSPS) is 11.0. The molecule has 1 amide bonds. The van der Waals surface area contributed by atoms with Crippen LogP contribution in [0.1, 0.15) is 26.5 Å². The van der Waals surface area contributed by atoms with Crippen LogP contribution in [0.2, 0.25) is 5.02 Å². The summed E-state index contributed by atoms with van der Waals surface area (Å²) in [6.07, 6.45) is 5.04. The smallest absolute Gasteiger partial charge is 0.267 e. The number of carbonyl (C=O) groups is 1. The van der Waals surface area contributed by atoms with E-state index in [9.17, 15) is 4.79 Å². The van der Waals surface area contributed by atoms with E-state index in [1.807, 2.05) is 54.1 Å². The Kier molecular flexibility index (Phi) is 6.24. The minimum absolute atomic E-state index is 0.244. The summed E-state index contributed by atoms with van der Waals surface area (Å²) in [6, 6.07) is 16.8. The van der Waals surface area contributed by atoms with Gasteiger partial charge in [0.2, 0.25) is 0 Å². The second-order valence-corrected chi connectivity index (χ2v) is 9.11. The molecule has 4 heterocycles. The fourth-order valence-electron chi connectivity index (χ4n) is 3.50. The summed E-state index contributed by atoms with van der Waals surface area (Å²) < 4.78 is 7.81. The van der Waals surface area contributed by atoms with Gasteiger partial charge >= 0.3 is 0 Å². The maximum absolute atomic E-state index is 13.1. The molecular formula is C25H20ClN5O2S. The number of rotatable bonds is 7. The number of anilines is 1. The van der Waals surface area contributed by atoms with Crippen molar-refractivity contribution in [3.05, 3.63) is 99.9 Å². The maximum atomic E-state index is 13.1. The van der Waals surface area contributed by atoms with Crippen LogP contribution >= 0.6 is 22.9 Å². The minimum Gasteiger partial charge on any atom is -0.485 e. The number of aryl methyl sites for hydroxylation is 1. The highest BCUT2D eigenvalue weighted by Crippen LogP contribution is 2.30. The van der Waals surface area contributed by atoms with Gasteiger partial charge in [0.1, 0.15) is 11.4 Å². The van der Waals surface area contributed by atoms with Crippen LogP contribution in [0.3, 0.4) is 0 Å². The Balaban J connectivity index is 1.35. The van der Waals surface area contributed by atoms with E-state index in [1.165, 1.54) is 11.3 Å². The van der Waals surface area contributed by atoms with Gasteiger partial charge in [0.25, 0.3) is 5.91 Å². The lowest BCUT2D eigenvalue weighted by molar-refractivity contribution is 0.102. The first kappa shape index (κ1) is 22.1. The predicted molar refractivity (Wildman–Crippen MR) is 134 cm³/mol. The van der Waals surface area contributed by atoms with Crippen LogP contribution in [0.25, 0.3) is 10.2 Å². The van der Waals surface area contributed by atoms with Crippen molar-refractivity contribution in [1.82, 2.24) is 19.7 Å². The number of fused-ring (bicyclic) bond motifs is 1. The van der Waals surface area contributed by atoms with Crippen molar-refractivity contribution < 1.29 is 9.53 Å². The van der Waals surface area contributed by atoms with Gasteiger partial charge in [-0.25, -0.2) is 4.98 Å². The number of ether oxygens (including phenoxy) is 1. The van der Waals surface area contributed by atoms with Crippen molar-refractivity contribution in [1.29, 1.82) is 0 Å². The van der Waals surface area contributed by atoms with Crippen molar-refractivity contribution in [2.75, 3.05) is 5.32 Å². The number of hydrogen-bond donors (Lipinski definition) is 1. The first-order valence-electron chi connectivity index (χ1n) is 10.6. The number of pyridine rings is 2. The Labute approximate surface area is 205 Å². The van der Waals surface area contributed by atoms with Gasteiger partial charge in [0.15, 0.2) is 11.6 Å². The molecule has 4 aromatic heterocycles. The van der Waals surface area contributed by atoms with Crippen LogP contribution < -0.4 is 10.1 Å². The Morgan fingerprint density at radius 1 is 1.09 bits per heavy atom. The number of benzene rings is 1. The van der Waals surface area contributed by atoms with Crippen molar-refractivity contribution in [2.24, 2.45) is 0 Å². The summed E-state index contributed by atoms with van der Waals surface area (Å²) in [5.74, 6) is 0.628. The highest BCUT2D eigenvalue weighted by molar-refractivity contribution is 7.20. The first-order valence-corrected chi connectivity index (χ1v) is 11.8. The molecule has 1 N–H and O–H groups in total. The molecule has 0 atom stereocenters. The molecule has 0 bridgehead atoms. The van der Waals surface area contributed by atoms with Gasteiger partial charge in [0.05, 0.1) is 17.1 Å². The van der Waals surface area contributed by atoms with E-state index in [0.29, 0.717) is 34.6 Å². The van der Waals surface area contributed by atoms with Gasteiger partial charge in [-0.15, -0.1) is 11.3 Å². The van der Waals surface area contributed by atoms with E-state index in [2.05, 4.69) is 20.4 Å². The third-order valence-corrected chi connectivity index (χ3v) is 6.62. The van der Waals surface area contributed by atoms with E-state index < -0.39 is 0 Å². The average Bonchev–Trinajstić information content (AvgIpc) is 3.42. The molecule has 0 saturated heterocycles. The molecule has 170 valence electrons. The number of aromatic nitrogens is 4. The SMILES string of the molecule is Cc1nn(Cc2ccc(Cl)cc2)c2sc(C(=O)Nc3ncccc3OCc3ccncc3)cc12. The van der Waals surface area contributed by atoms with Gasteiger partial charge in [-0.05, 0) is 60.5 Å². The summed E-state index contributed by atoms with van der Waals surface area (Å²) in [4.78, 5) is 22.9. The summed E-state index contributed by atoms with van der Waals surface area (Å²) >= 11 is 7.40. The zero-order valence-electron chi connectivity index (χ0n) is 18.2. The van der Waals surface area contributed by atoms with Crippen LogP contribution in [0.4, 0.5) is 5.82 Å². The Hall–Kier alpha value is -3.75. The van der Waals surface area contributed by atoms with Crippen molar-refractivity contribution in [3.8, 4) is 5.75 Å². The third-order valence-electron chi connectivity index (χ3n) is 5.22. The van der Waals surface area contributed by atoms with Crippen LogP contribution in [-0.4, -0.2) is 25.7 Å². The Morgan fingerprint density at radius 3 is 2.68 bits per heavy atom. The average molecular weight is 490 g/mol. The van der Waals surface area contributed by atoms with Gasteiger partial charge in [-0.1, -0.05) is 23.7 Å². The van der Waals surface area contributed by atoms with E-state index in [1.54, 1.807) is 30.7 Å². The molecule has 1 aromatic carbocycles. The number of halogens is 1. The van der Waals surface area contributed by atoms with Crippen LogP contribution in [0.5, 0.6) is 5.75 Å². The second kappa shape index (κ2) is 9.62. The minimum atomic E-state index is -0.244. The standard InChI is InChI=1S/C25H20ClN5O2S/c1-16-20-13-22(34-25(20)31(30-16)14-17-4-6-19(26)7-5-17)24(32)29-23-21(3-2-10-28-23)33-15-18-8-11-27-12-9-18/h2-13H,14-15H2,1H3,(H,28,29,32). The van der Waals surface area contributed by atoms with Gasteiger partial charge < -0.3 is 10.1 Å². The monoisotopic (exact) mass is 489 g/mol. The topological polar surface area (TPSA) is 81.9 Å². The fourth-order valence-corrected chi connectivity index (χ4v) is 4.69. The molecule has 0 unspecified atom stereocenters. The zero-order chi connectivity index (χ0) is 23.5. The first-order chi connectivity index (χ1) is 16.6. The van der Waals surface area contributed by atoms with Crippen LogP contribution in [-0.2, 0) is 13.2 Å². The molecule has 5 rings (SSSR count). The lowest BCUT2D eigenvalue weighted by Gasteiger charge is -2.11. The maximum Gasteiger partial charge on any atom is 0.267 e. The summed E-state index contributed by atoms with van der Waals surface area (Å²) in [5, 5.41) is 9.18. The molecule has 0 fully saturated rings. The summed E-state index contributed by atoms with van der Waals surface area (Å²) in [6.45, 7) is 2.88. The second-order valence-electron chi connectivity index (χ2n) is 7.65.